The number of likely N-dealkylation sites (tertiary alicyclic amines) is 1. The van der Waals surface area contributed by atoms with Crippen LogP contribution in [0, 0.1) is 5.92 Å². The number of carbonyl (C=O) groups excluding carboxylic acids is 1. The molecular weight excluding hydrogens is 462 g/mol. The van der Waals surface area contributed by atoms with E-state index in [9.17, 15) is 13.2 Å². The van der Waals surface area contributed by atoms with Gasteiger partial charge in [0.1, 0.15) is 5.60 Å². The zero-order valence-corrected chi connectivity index (χ0v) is 22.6. The van der Waals surface area contributed by atoms with Crippen LogP contribution < -0.4 is 0 Å². The van der Waals surface area contributed by atoms with Crippen molar-refractivity contribution in [3.8, 4) is 11.3 Å². The maximum Gasteiger partial charge on any atom is 0.410 e. The highest BCUT2D eigenvalue weighted by Crippen LogP contribution is 2.24. The minimum absolute atomic E-state index is 0.226. The summed E-state index contributed by atoms with van der Waals surface area (Å²) in [4.78, 5) is 21.7. The minimum Gasteiger partial charge on any atom is -0.444 e. The molecule has 0 radical (unpaired) electrons. The predicted octanol–water partition coefficient (Wildman–Crippen LogP) is 5.01. The summed E-state index contributed by atoms with van der Waals surface area (Å²) in [5.41, 5.74) is 2.36. The number of piperidine rings is 1. The molecule has 2 aromatic rings. The Balaban J connectivity index is 1.64. The van der Waals surface area contributed by atoms with E-state index >= 15 is 0 Å². The summed E-state index contributed by atoms with van der Waals surface area (Å²) in [6.45, 7) is 13.3. The third kappa shape index (κ3) is 8.04. The summed E-state index contributed by atoms with van der Waals surface area (Å²) in [6, 6.07) is 11.3. The Kier molecular flexibility index (Phi) is 8.59. The molecule has 1 saturated heterocycles. The monoisotopic (exact) mass is 501 g/mol. The molecule has 0 aliphatic carbocycles. The second-order valence-corrected chi connectivity index (χ2v) is 12.9. The van der Waals surface area contributed by atoms with Crippen LogP contribution in [0.25, 0.3) is 11.3 Å². The third-order valence-corrected chi connectivity index (χ3v) is 7.15. The van der Waals surface area contributed by atoms with E-state index < -0.39 is 15.4 Å². The molecule has 8 heteroatoms. The van der Waals surface area contributed by atoms with Crippen LogP contribution in [0.15, 0.2) is 47.5 Å². The van der Waals surface area contributed by atoms with Crippen LogP contribution >= 0.6 is 0 Å². The number of rotatable bonds is 7. The molecule has 7 nitrogen and oxygen atoms in total. The Morgan fingerprint density at radius 2 is 1.74 bits per heavy atom. The molecule has 0 unspecified atom stereocenters. The van der Waals surface area contributed by atoms with Crippen molar-refractivity contribution in [2.75, 3.05) is 25.9 Å². The van der Waals surface area contributed by atoms with Crippen LogP contribution in [-0.2, 0) is 21.1 Å². The average Bonchev–Trinajstić information content (AvgIpc) is 2.77. The van der Waals surface area contributed by atoms with Gasteiger partial charge in [-0.2, -0.15) is 0 Å². The summed E-state index contributed by atoms with van der Waals surface area (Å²) in [7, 11) is -3.21. The highest BCUT2D eigenvalue weighted by atomic mass is 32.2. The fraction of sp³-hybridized carbons (Fsp3) is 0.556. The minimum atomic E-state index is -3.21. The molecule has 0 saturated carbocycles. The van der Waals surface area contributed by atoms with E-state index in [0.29, 0.717) is 29.9 Å². The van der Waals surface area contributed by atoms with Crippen molar-refractivity contribution < 1.29 is 17.9 Å². The molecule has 1 fully saturated rings. The summed E-state index contributed by atoms with van der Waals surface area (Å²) in [5, 5.41) is 0. The Labute approximate surface area is 210 Å². The molecule has 3 rings (SSSR count). The smallest absolute Gasteiger partial charge is 0.410 e. The number of aromatic nitrogens is 1. The predicted molar refractivity (Wildman–Crippen MR) is 139 cm³/mol. The highest BCUT2D eigenvalue weighted by Gasteiger charge is 2.29. The lowest BCUT2D eigenvalue weighted by Crippen LogP contribution is -2.48. The summed E-state index contributed by atoms with van der Waals surface area (Å²) < 4.78 is 28.9. The van der Waals surface area contributed by atoms with Gasteiger partial charge in [-0.15, -0.1) is 0 Å². The maximum atomic E-state index is 12.4. The van der Waals surface area contributed by atoms with E-state index in [0.717, 1.165) is 42.8 Å². The van der Waals surface area contributed by atoms with Gasteiger partial charge in [0.15, 0.2) is 9.84 Å². The first-order valence-corrected chi connectivity index (χ1v) is 14.2. The Bertz CT molecular complexity index is 1080. The number of carbonyl (C=O) groups is 1. The van der Waals surface area contributed by atoms with Crippen LogP contribution in [-0.4, -0.2) is 66.8 Å². The van der Waals surface area contributed by atoms with Gasteiger partial charge in [-0.1, -0.05) is 32.0 Å². The summed E-state index contributed by atoms with van der Waals surface area (Å²) >= 11 is 0. The van der Waals surface area contributed by atoms with Crippen molar-refractivity contribution in [1.29, 1.82) is 0 Å². The second kappa shape index (κ2) is 11.1. The van der Waals surface area contributed by atoms with Crippen molar-refractivity contribution in [3.05, 3.63) is 48.2 Å². The first-order chi connectivity index (χ1) is 16.3. The van der Waals surface area contributed by atoms with Gasteiger partial charge in [0.2, 0.25) is 0 Å². The van der Waals surface area contributed by atoms with E-state index in [1.165, 1.54) is 6.26 Å². The van der Waals surface area contributed by atoms with E-state index in [1.807, 2.05) is 37.9 Å². The van der Waals surface area contributed by atoms with Crippen LogP contribution in [0.5, 0.6) is 0 Å². The summed E-state index contributed by atoms with van der Waals surface area (Å²) in [6.07, 6.45) is 4.73. The molecule has 0 spiro atoms. The SMILES string of the molecule is CC(C)CN(Cc1ccc(-c2ccc(S(C)(=O)=O)cc2)nc1)C1CCN(C(=O)OC(C)(C)C)CC1. The maximum absolute atomic E-state index is 12.4. The van der Waals surface area contributed by atoms with Crippen LogP contribution in [0.2, 0.25) is 0 Å². The van der Waals surface area contributed by atoms with Crippen molar-refractivity contribution >= 4 is 15.9 Å². The van der Waals surface area contributed by atoms with Gasteiger partial charge in [-0.25, -0.2) is 13.2 Å². The largest absolute Gasteiger partial charge is 0.444 e. The molecule has 1 amide bonds. The molecular formula is C27H39N3O4S. The zero-order chi connectivity index (χ0) is 25.8. The Morgan fingerprint density at radius 1 is 1.11 bits per heavy atom. The molecule has 0 bridgehead atoms. The lowest BCUT2D eigenvalue weighted by Gasteiger charge is -2.39. The molecule has 1 aliphatic rings. The second-order valence-electron chi connectivity index (χ2n) is 10.9. The third-order valence-electron chi connectivity index (χ3n) is 6.02. The molecule has 1 aromatic heterocycles. The average molecular weight is 502 g/mol. The number of benzene rings is 1. The number of sulfone groups is 1. The Hall–Kier alpha value is -2.45. The topological polar surface area (TPSA) is 79.8 Å². The van der Waals surface area contributed by atoms with Crippen molar-refractivity contribution in [2.45, 2.75) is 70.5 Å². The first kappa shape index (κ1) is 27.1. The quantitative estimate of drug-likeness (QED) is 0.531. The lowest BCUT2D eigenvalue weighted by molar-refractivity contribution is 0.0129. The zero-order valence-electron chi connectivity index (χ0n) is 21.8. The lowest BCUT2D eigenvalue weighted by atomic mass is 10.0. The van der Waals surface area contributed by atoms with Crippen molar-refractivity contribution in [2.24, 2.45) is 5.92 Å². The molecule has 1 aliphatic heterocycles. The van der Waals surface area contributed by atoms with Crippen molar-refractivity contribution in [3.63, 3.8) is 0 Å². The van der Waals surface area contributed by atoms with Crippen LogP contribution in [0.4, 0.5) is 4.79 Å². The fourth-order valence-corrected chi connectivity index (χ4v) is 4.98. The fourth-order valence-electron chi connectivity index (χ4n) is 4.35. The number of hydrogen-bond donors (Lipinski definition) is 0. The van der Waals surface area contributed by atoms with E-state index in [1.54, 1.807) is 24.3 Å². The van der Waals surface area contributed by atoms with Gasteiger partial charge < -0.3 is 9.64 Å². The molecule has 1 aromatic carbocycles. The van der Waals surface area contributed by atoms with E-state index in [4.69, 9.17) is 4.74 Å². The van der Waals surface area contributed by atoms with Gasteiger partial charge in [-0.3, -0.25) is 9.88 Å². The van der Waals surface area contributed by atoms with E-state index in [2.05, 4.69) is 29.8 Å². The van der Waals surface area contributed by atoms with E-state index in [-0.39, 0.29) is 6.09 Å². The standard InChI is InChI=1S/C27H39N3O4S/c1-20(2)18-30(23-13-15-29(16-14-23)26(31)34-27(3,4)5)19-21-7-12-25(28-17-21)22-8-10-24(11-9-22)35(6,32)33/h7-12,17,20,23H,13-16,18-19H2,1-6H3. The van der Waals surface area contributed by atoms with Gasteiger partial charge in [0.25, 0.3) is 0 Å². The highest BCUT2D eigenvalue weighted by molar-refractivity contribution is 7.90. The number of pyridine rings is 1. The molecule has 2 heterocycles. The number of nitrogens with zero attached hydrogens (tertiary/aromatic N) is 3. The molecule has 0 N–H and O–H groups in total. The molecule has 35 heavy (non-hydrogen) atoms. The van der Waals surface area contributed by atoms with Gasteiger partial charge in [0, 0.05) is 50.2 Å². The van der Waals surface area contributed by atoms with Crippen LogP contribution in [0.3, 0.4) is 0 Å². The molecule has 0 atom stereocenters. The first-order valence-electron chi connectivity index (χ1n) is 12.3. The van der Waals surface area contributed by atoms with Crippen molar-refractivity contribution in [1.82, 2.24) is 14.8 Å². The number of hydrogen-bond acceptors (Lipinski definition) is 6. The normalized spacial score (nSPS) is 15.6. The van der Waals surface area contributed by atoms with Crippen LogP contribution in [0.1, 0.15) is 53.0 Å². The molecule has 192 valence electrons. The Morgan fingerprint density at radius 3 is 2.23 bits per heavy atom. The number of ether oxygens (including phenoxy) is 1. The summed E-state index contributed by atoms with van der Waals surface area (Å²) in [5.74, 6) is 0.527. The van der Waals surface area contributed by atoms with Gasteiger partial charge >= 0.3 is 6.09 Å². The van der Waals surface area contributed by atoms with Gasteiger partial charge in [-0.05, 0) is 63.3 Å². The van der Waals surface area contributed by atoms with Gasteiger partial charge in [0.05, 0.1) is 10.6 Å². The number of amides is 1.